The second-order valence-corrected chi connectivity index (χ2v) is 2.47. The van der Waals surface area contributed by atoms with Gasteiger partial charge in [0.1, 0.15) is 0 Å². The van der Waals surface area contributed by atoms with Crippen molar-refractivity contribution >= 4 is 5.91 Å². The maximum atomic E-state index is 12.4. The van der Waals surface area contributed by atoms with Crippen LogP contribution in [0.2, 0.25) is 0 Å². The molecule has 0 N–H and O–H groups in total. The van der Waals surface area contributed by atoms with E-state index in [1.165, 1.54) is 12.1 Å². The van der Waals surface area contributed by atoms with Crippen LogP contribution in [-0.2, 0) is 0 Å². The van der Waals surface area contributed by atoms with Gasteiger partial charge in [0.05, 0.1) is 0 Å². The van der Waals surface area contributed by atoms with Crippen LogP contribution in [0.4, 0.5) is 22.0 Å². The standard InChI is InChI=1S/C7H4F5NO/c8-6(9,7(10,11)12)5(14)13-3-1-2-4-13/h1-4H. The smallest absolute Gasteiger partial charge is 0.289 e. The minimum atomic E-state index is -5.87. The number of carbonyl (C=O) groups excluding carboxylic acids is 1. The summed E-state index contributed by atoms with van der Waals surface area (Å²) in [6.45, 7) is 0. The lowest BCUT2D eigenvalue weighted by molar-refractivity contribution is -0.257. The van der Waals surface area contributed by atoms with Crippen LogP contribution < -0.4 is 0 Å². The fourth-order valence-corrected chi connectivity index (χ4v) is 0.753. The van der Waals surface area contributed by atoms with Gasteiger partial charge in [-0.3, -0.25) is 9.36 Å². The average molecular weight is 213 g/mol. The van der Waals surface area contributed by atoms with Gasteiger partial charge in [-0.15, -0.1) is 0 Å². The van der Waals surface area contributed by atoms with Crippen molar-refractivity contribution in [3.05, 3.63) is 24.5 Å². The largest absolute Gasteiger partial charge is 0.463 e. The summed E-state index contributed by atoms with van der Waals surface area (Å²) in [7, 11) is 0. The Labute approximate surface area is 74.9 Å². The molecular weight excluding hydrogens is 209 g/mol. The molecule has 1 heterocycles. The molecule has 0 saturated heterocycles. The Kier molecular flexibility index (Phi) is 2.34. The monoisotopic (exact) mass is 213 g/mol. The van der Waals surface area contributed by atoms with Crippen LogP contribution in [0.25, 0.3) is 0 Å². The van der Waals surface area contributed by atoms with Crippen LogP contribution in [0.15, 0.2) is 24.5 Å². The Morgan fingerprint density at radius 2 is 1.43 bits per heavy atom. The highest BCUT2D eigenvalue weighted by atomic mass is 19.4. The van der Waals surface area contributed by atoms with Gasteiger partial charge in [0.25, 0.3) is 0 Å². The van der Waals surface area contributed by atoms with E-state index in [1.807, 2.05) is 0 Å². The number of alkyl halides is 5. The van der Waals surface area contributed by atoms with Crippen molar-refractivity contribution in [3.63, 3.8) is 0 Å². The Morgan fingerprint density at radius 1 is 1.00 bits per heavy atom. The zero-order valence-corrected chi connectivity index (χ0v) is 6.55. The molecule has 0 amide bonds. The first-order chi connectivity index (χ1) is 6.27. The van der Waals surface area contributed by atoms with Crippen molar-refractivity contribution in [1.29, 1.82) is 0 Å². The summed E-state index contributed by atoms with van der Waals surface area (Å²) in [5.74, 6) is -7.67. The van der Waals surface area contributed by atoms with Crippen molar-refractivity contribution in [2.24, 2.45) is 0 Å². The number of aromatic nitrogens is 1. The second kappa shape index (κ2) is 3.07. The third kappa shape index (κ3) is 1.61. The van der Waals surface area contributed by atoms with E-state index in [2.05, 4.69) is 0 Å². The van der Waals surface area contributed by atoms with Crippen molar-refractivity contribution < 1.29 is 26.7 Å². The highest BCUT2D eigenvalue weighted by Gasteiger charge is 2.63. The summed E-state index contributed by atoms with van der Waals surface area (Å²) in [6, 6.07) is 2.34. The Bertz CT molecular complexity index is 326. The minimum Gasteiger partial charge on any atom is -0.289 e. The lowest BCUT2D eigenvalue weighted by Crippen LogP contribution is -2.46. The van der Waals surface area contributed by atoms with Gasteiger partial charge in [-0.05, 0) is 12.1 Å². The molecule has 0 aromatic carbocycles. The molecule has 0 saturated carbocycles. The topological polar surface area (TPSA) is 22.0 Å². The first kappa shape index (κ1) is 10.7. The molecule has 1 rings (SSSR count). The number of hydrogen-bond acceptors (Lipinski definition) is 1. The first-order valence-corrected chi connectivity index (χ1v) is 3.39. The van der Waals surface area contributed by atoms with E-state index in [1.54, 1.807) is 0 Å². The SMILES string of the molecule is O=C(n1cccc1)C(F)(F)C(F)(F)F. The molecule has 0 aliphatic carbocycles. The van der Waals surface area contributed by atoms with Gasteiger partial charge < -0.3 is 0 Å². The Morgan fingerprint density at radius 3 is 1.79 bits per heavy atom. The number of carbonyl (C=O) groups is 1. The molecule has 0 bridgehead atoms. The molecule has 0 aliphatic rings. The Balaban J connectivity index is 3.01. The highest BCUT2D eigenvalue weighted by Crippen LogP contribution is 2.36. The zero-order chi connectivity index (χ0) is 11.0. The summed E-state index contributed by atoms with van der Waals surface area (Å²) < 4.78 is 60.0. The molecule has 1 aromatic heterocycles. The highest BCUT2D eigenvalue weighted by molar-refractivity contribution is 5.86. The number of halogens is 5. The molecule has 0 atom stereocenters. The summed E-state index contributed by atoms with van der Waals surface area (Å²) >= 11 is 0. The maximum Gasteiger partial charge on any atom is 0.463 e. The maximum absolute atomic E-state index is 12.4. The normalized spacial score (nSPS) is 12.9. The zero-order valence-electron chi connectivity index (χ0n) is 6.55. The van der Waals surface area contributed by atoms with E-state index in [-0.39, 0.29) is 4.57 Å². The van der Waals surface area contributed by atoms with Gasteiger partial charge in [0, 0.05) is 12.4 Å². The lowest BCUT2D eigenvalue weighted by atomic mass is 10.3. The van der Waals surface area contributed by atoms with Crippen LogP contribution in [0.5, 0.6) is 0 Å². The van der Waals surface area contributed by atoms with Gasteiger partial charge in [-0.2, -0.15) is 22.0 Å². The van der Waals surface area contributed by atoms with E-state index in [4.69, 9.17) is 0 Å². The molecule has 14 heavy (non-hydrogen) atoms. The summed E-state index contributed by atoms with van der Waals surface area (Å²) in [5, 5.41) is 0. The fraction of sp³-hybridized carbons (Fsp3) is 0.286. The van der Waals surface area contributed by atoms with Gasteiger partial charge in [-0.1, -0.05) is 0 Å². The van der Waals surface area contributed by atoms with Crippen molar-refractivity contribution in [2.75, 3.05) is 0 Å². The van der Waals surface area contributed by atoms with Crippen LogP contribution in [0.3, 0.4) is 0 Å². The summed E-state index contributed by atoms with van der Waals surface area (Å²) in [5.41, 5.74) is 0. The first-order valence-electron chi connectivity index (χ1n) is 3.39. The van der Waals surface area contributed by atoms with Gasteiger partial charge in [0.15, 0.2) is 0 Å². The molecule has 0 unspecified atom stereocenters. The van der Waals surface area contributed by atoms with Crippen LogP contribution in [0, 0.1) is 0 Å². The van der Waals surface area contributed by atoms with Crippen LogP contribution in [0.1, 0.15) is 4.79 Å². The van der Waals surface area contributed by atoms with Crippen molar-refractivity contribution in [1.82, 2.24) is 4.57 Å². The molecule has 0 radical (unpaired) electrons. The predicted octanol–water partition coefficient (Wildman–Crippen LogP) is 2.33. The molecule has 2 nitrogen and oxygen atoms in total. The number of hydrogen-bond donors (Lipinski definition) is 0. The predicted molar refractivity (Wildman–Crippen MR) is 36.1 cm³/mol. The summed E-state index contributed by atoms with van der Waals surface area (Å²) in [6.07, 6.45) is -4.22. The van der Waals surface area contributed by atoms with E-state index in [9.17, 15) is 26.7 Å². The molecule has 0 aliphatic heterocycles. The van der Waals surface area contributed by atoms with Crippen LogP contribution in [-0.4, -0.2) is 22.6 Å². The van der Waals surface area contributed by atoms with E-state index >= 15 is 0 Å². The minimum absolute atomic E-state index is 0.188. The van der Waals surface area contributed by atoms with E-state index in [0.717, 1.165) is 12.4 Å². The molecular formula is C7H4F5NO. The number of nitrogens with zero attached hydrogens (tertiary/aromatic N) is 1. The average Bonchev–Trinajstić information content (AvgIpc) is 2.52. The third-order valence-electron chi connectivity index (χ3n) is 1.46. The van der Waals surface area contributed by atoms with Gasteiger partial charge in [-0.25, -0.2) is 0 Å². The van der Waals surface area contributed by atoms with Crippen molar-refractivity contribution in [3.8, 4) is 0 Å². The van der Waals surface area contributed by atoms with Gasteiger partial charge in [0.2, 0.25) is 0 Å². The third-order valence-corrected chi connectivity index (χ3v) is 1.46. The second-order valence-electron chi connectivity index (χ2n) is 2.47. The van der Waals surface area contributed by atoms with Gasteiger partial charge >= 0.3 is 18.0 Å². The van der Waals surface area contributed by atoms with E-state index < -0.39 is 18.0 Å². The van der Waals surface area contributed by atoms with Crippen molar-refractivity contribution in [2.45, 2.75) is 12.1 Å². The fourth-order valence-electron chi connectivity index (χ4n) is 0.753. The quantitative estimate of drug-likeness (QED) is 0.656. The number of rotatable bonds is 1. The Hall–Kier alpha value is -1.40. The molecule has 1 aromatic rings. The van der Waals surface area contributed by atoms with E-state index in [0.29, 0.717) is 0 Å². The molecule has 0 fully saturated rings. The lowest BCUT2D eigenvalue weighted by Gasteiger charge is -2.17. The molecule has 0 spiro atoms. The molecule has 7 heteroatoms. The van der Waals surface area contributed by atoms with Crippen LogP contribution >= 0.6 is 0 Å². The molecule has 78 valence electrons. The summed E-state index contributed by atoms with van der Waals surface area (Å²) in [4.78, 5) is 10.7.